The van der Waals surface area contributed by atoms with Gasteiger partial charge in [-0.3, -0.25) is 4.90 Å². The average molecular weight is 152 g/mol. The Labute approximate surface area is 69.8 Å². The van der Waals surface area contributed by atoms with Crippen LogP contribution in [-0.2, 0) is 0 Å². The summed E-state index contributed by atoms with van der Waals surface area (Å²) in [5.74, 6) is 0. The van der Waals surface area contributed by atoms with Gasteiger partial charge in [0.1, 0.15) is 0 Å². The Morgan fingerprint density at radius 2 is 1.73 bits per heavy atom. The van der Waals surface area contributed by atoms with Gasteiger partial charge in [-0.25, -0.2) is 0 Å². The molecule has 0 bridgehead atoms. The topological polar surface area (TPSA) is 3.24 Å². The van der Waals surface area contributed by atoms with Gasteiger partial charge in [-0.05, 0) is 39.0 Å². The fourth-order valence-corrected chi connectivity index (χ4v) is 1.91. The zero-order chi connectivity index (χ0) is 7.84. The summed E-state index contributed by atoms with van der Waals surface area (Å²) < 4.78 is 0. The van der Waals surface area contributed by atoms with E-state index in [1.165, 1.54) is 25.7 Å². The van der Waals surface area contributed by atoms with Gasteiger partial charge in [-0.15, -0.1) is 0 Å². The van der Waals surface area contributed by atoms with E-state index in [4.69, 9.17) is 0 Å². The van der Waals surface area contributed by atoms with E-state index in [0.717, 1.165) is 24.5 Å². The van der Waals surface area contributed by atoms with Crippen LogP contribution in [0.5, 0.6) is 0 Å². The van der Waals surface area contributed by atoms with E-state index in [2.05, 4.69) is 18.7 Å². The van der Waals surface area contributed by atoms with Gasteiger partial charge in [-0.2, -0.15) is 0 Å². The number of hydrogen-bond acceptors (Lipinski definition) is 1. The zero-order valence-electron chi connectivity index (χ0n) is 7.42. The minimum absolute atomic E-state index is 0.731. The number of nitrogens with zero attached hydrogens (tertiary/aromatic N) is 1. The Hall–Kier alpha value is -0.0400. The molecule has 1 unspecified atom stereocenters. The standard InChI is InChI=1S/C10H18N/c1-3-8(2)11(9-4-5-9)10-6-7-10/h8-10H,1,3-7H2,2H3. The van der Waals surface area contributed by atoms with E-state index in [9.17, 15) is 0 Å². The molecule has 1 heteroatoms. The third-order valence-electron chi connectivity index (χ3n) is 2.86. The summed E-state index contributed by atoms with van der Waals surface area (Å²) in [6, 6.07) is 2.62. The van der Waals surface area contributed by atoms with Crippen LogP contribution in [0, 0.1) is 6.92 Å². The van der Waals surface area contributed by atoms with Crippen LogP contribution in [0.25, 0.3) is 0 Å². The predicted molar refractivity (Wildman–Crippen MR) is 47.3 cm³/mol. The lowest BCUT2D eigenvalue weighted by atomic mass is 10.2. The highest BCUT2D eigenvalue weighted by Gasteiger charge is 2.40. The first kappa shape index (κ1) is 7.60. The molecule has 0 heterocycles. The van der Waals surface area contributed by atoms with Crippen LogP contribution in [-0.4, -0.2) is 23.0 Å². The van der Waals surface area contributed by atoms with E-state index in [-0.39, 0.29) is 0 Å². The van der Waals surface area contributed by atoms with Gasteiger partial charge < -0.3 is 0 Å². The molecule has 0 saturated heterocycles. The van der Waals surface area contributed by atoms with Crippen molar-refractivity contribution in [2.75, 3.05) is 0 Å². The largest absolute Gasteiger partial charge is 0.295 e. The summed E-state index contributed by atoms with van der Waals surface area (Å²) in [6.07, 6.45) is 6.86. The highest BCUT2D eigenvalue weighted by atomic mass is 15.3. The summed E-state index contributed by atoms with van der Waals surface area (Å²) in [6.45, 7) is 6.31. The number of hydrogen-bond donors (Lipinski definition) is 0. The Morgan fingerprint density at radius 3 is 2.00 bits per heavy atom. The van der Waals surface area contributed by atoms with Gasteiger partial charge in [0, 0.05) is 18.1 Å². The van der Waals surface area contributed by atoms with Crippen LogP contribution >= 0.6 is 0 Å². The molecule has 2 fully saturated rings. The predicted octanol–water partition coefficient (Wildman–Crippen LogP) is 2.23. The van der Waals surface area contributed by atoms with Gasteiger partial charge in [0.15, 0.2) is 0 Å². The molecule has 0 amide bonds. The smallest absolute Gasteiger partial charge is 0.0102 e. The molecule has 11 heavy (non-hydrogen) atoms. The molecule has 1 radical (unpaired) electrons. The fraction of sp³-hybridized carbons (Fsp3) is 0.900. The van der Waals surface area contributed by atoms with Crippen molar-refractivity contribution >= 4 is 0 Å². The lowest BCUT2D eigenvalue weighted by molar-refractivity contribution is 0.188. The summed E-state index contributed by atoms with van der Waals surface area (Å²) in [4.78, 5) is 2.72. The van der Waals surface area contributed by atoms with Crippen molar-refractivity contribution in [1.82, 2.24) is 4.90 Å². The van der Waals surface area contributed by atoms with E-state index >= 15 is 0 Å². The summed E-state index contributed by atoms with van der Waals surface area (Å²) in [7, 11) is 0. The third-order valence-corrected chi connectivity index (χ3v) is 2.86. The van der Waals surface area contributed by atoms with E-state index in [0.29, 0.717) is 0 Å². The fourth-order valence-electron chi connectivity index (χ4n) is 1.91. The SMILES string of the molecule is [CH2]CC(C)N(C1CC1)C1CC1. The van der Waals surface area contributed by atoms with Crippen molar-refractivity contribution in [2.45, 2.75) is 57.2 Å². The van der Waals surface area contributed by atoms with E-state index < -0.39 is 0 Å². The Morgan fingerprint density at radius 1 is 1.27 bits per heavy atom. The molecule has 0 spiro atoms. The molecule has 2 rings (SSSR count). The molecule has 0 N–H and O–H groups in total. The Bertz CT molecular complexity index is 124. The highest BCUT2D eigenvalue weighted by Crippen LogP contribution is 2.39. The maximum atomic E-state index is 3.99. The minimum Gasteiger partial charge on any atom is -0.295 e. The molecule has 2 aliphatic rings. The summed E-state index contributed by atoms with van der Waals surface area (Å²) in [5.41, 5.74) is 0. The molecule has 0 aromatic carbocycles. The van der Waals surface area contributed by atoms with Gasteiger partial charge >= 0.3 is 0 Å². The molecule has 63 valence electrons. The Balaban J connectivity index is 1.90. The zero-order valence-corrected chi connectivity index (χ0v) is 7.42. The van der Waals surface area contributed by atoms with Gasteiger partial charge in [0.05, 0.1) is 0 Å². The van der Waals surface area contributed by atoms with Gasteiger partial charge in [0.25, 0.3) is 0 Å². The number of rotatable bonds is 4. The molecule has 1 atom stereocenters. The Kier molecular flexibility index (Phi) is 1.92. The van der Waals surface area contributed by atoms with Crippen molar-refractivity contribution in [2.24, 2.45) is 0 Å². The highest BCUT2D eigenvalue weighted by molar-refractivity contribution is 4.96. The lowest BCUT2D eigenvalue weighted by Gasteiger charge is -2.28. The second kappa shape index (κ2) is 2.78. The van der Waals surface area contributed by atoms with Crippen LogP contribution in [0.2, 0.25) is 0 Å². The van der Waals surface area contributed by atoms with Crippen molar-refractivity contribution in [1.29, 1.82) is 0 Å². The molecular formula is C10H18N. The summed E-state index contributed by atoms with van der Waals surface area (Å²) in [5, 5.41) is 0. The molecule has 1 nitrogen and oxygen atoms in total. The normalized spacial score (nSPS) is 27.5. The van der Waals surface area contributed by atoms with Crippen LogP contribution in [0.4, 0.5) is 0 Å². The minimum atomic E-state index is 0.731. The van der Waals surface area contributed by atoms with E-state index in [1.54, 1.807) is 0 Å². The third kappa shape index (κ3) is 1.58. The quantitative estimate of drug-likeness (QED) is 0.597. The van der Waals surface area contributed by atoms with Crippen LogP contribution < -0.4 is 0 Å². The molecule has 2 saturated carbocycles. The van der Waals surface area contributed by atoms with Crippen molar-refractivity contribution < 1.29 is 0 Å². The van der Waals surface area contributed by atoms with Crippen molar-refractivity contribution in [3.8, 4) is 0 Å². The van der Waals surface area contributed by atoms with Crippen LogP contribution in [0.3, 0.4) is 0 Å². The molecule has 2 aliphatic carbocycles. The average Bonchev–Trinajstić information content (AvgIpc) is 2.81. The second-order valence-corrected chi connectivity index (χ2v) is 4.05. The molecule has 0 aromatic heterocycles. The van der Waals surface area contributed by atoms with Crippen molar-refractivity contribution in [3.05, 3.63) is 6.92 Å². The summed E-state index contributed by atoms with van der Waals surface area (Å²) >= 11 is 0. The molecular weight excluding hydrogens is 134 g/mol. The maximum absolute atomic E-state index is 3.99. The lowest BCUT2D eigenvalue weighted by Crippen LogP contribution is -2.36. The van der Waals surface area contributed by atoms with Gasteiger partial charge in [-0.1, -0.05) is 6.92 Å². The van der Waals surface area contributed by atoms with Crippen molar-refractivity contribution in [3.63, 3.8) is 0 Å². The maximum Gasteiger partial charge on any atom is 0.0102 e. The van der Waals surface area contributed by atoms with Crippen LogP contribution in [0.15, 0.2) is 0 Å². The van der Waals surface area contributed by atoms with Gasteiger partial charge in [0.2, 0.25) is 0 Å². The van der Waals surface area contributed by atoms with E-state index in [1.807, 2.05) is 0 Å². The molecule has 0 aromatic rings. The monoisotopic (exact) mass is 152 g/mol. The first-order valence-electron chi connectivity index (χ1n) is 4.89. The first-order chi connectivity index (χ1) is 5.33. The second-order valence-electron chi connectivity index (χ2n) is 4.05. The molecule has 0 aliphatic heterocycles. The first-order valence-corrected chi connectivity index (χ1v) is 4.89. The van der Waals surface area contributed by atoms with Crippen LogP contribution in [0.1, 0.15) is 39.0 Å².